The molecule has 1 fully saturated rings. The van der Waals surface area contributed by atoms with Crippen molar-refractivity contribution in [2.45, 2.75) is 25.9 Å². The molecule has 0 amide bonds. The van der Waals surface area contributed by atoms with E-state index in [0.717, 1.165) is 49.2 Å². The molecule has 1 aliphatic rings. The van der Waals surface area contributed by atoms with E-state index in [0.29, 0.717) is 6.04 Å². The van der Waals surface area contributed by atoms with Crippen LogP contribution in [0.15, 0.2) is 30.5 Å². The van der Waals surface area contributed by atoms with Crippen LogP contribution < -0.4 is 9.80 Å². The standard InChI is InChI=1S/C18H26N6/c1-14-6-5-7-15(20-14)12-24-11-9-16(13-24)23(4)18-19-10-8-17(21-18)22(2)3/h5-8,10,16H,9,11-13H2,1-4H3. The highest BCUT2D eigenvalue weighted by Gasteiger charge is 2.27. The quantitative estimate of drug-likeness (QED) is 0.837. The Hall–Kier alpha value is -2.21. The van der Waals surface area contributed by atoms with Crippen LogP contribution in [-0.2, 0) is 6.54 Å². The number of rotatable bonds is 5. The Morgan fingerprint density at radius 1 is 1.17 bits per heavy atom. The van der Waals surface area contributed by atoms with Crippen LogP contribution >= 0.6 is 0 Å². The van der Waals surface area contributed by atoms with Gasteiger partial charge in [-0.2, -0.15) is 4.98 Å². The fourth-order valence-electron chi connectivity index (χ4n) is 3.11. The number of nitrogens with zero attached hydrogens (tertiary/aromatic N) is 6. The Kier molecular flexibility index (Phi) is 4.94. The first-order valence-corrected chi connectivity index (χ1v) is 8.41. The Balaban J connectivity index is 1.63. The van der Waals surface area contributed by atoms with Gasteiger partial charge in [-0.3, -0.25) is 9.88 Å². The minimum absolute atomic E-state index is 0.437. The van der Waals surface area contributed by atoms with Crippen LogP contribution in [0.1, 0.15) is 17.8 Å². The van der Waals surface area contributed by atoms with Crippen LogP contribution in [0.2, 0.25) is 0 Å². The summed E-state index contributed by atoms with van der Waals surface area (Å²) < 4.78 is 0. The van der Waals surface area contributed by atoms with Crippen molar-refractivity contribution in [2.24, 2.45) is 0 Å². The van der Waals surface area contributed by atoms with Gasteiger partial charge in [-0.1, -0.05) is 6.07 Å². The van der Waals surface area contributed by atoms with Crippen molar-refractivity contribution in [3.8, 4) is 0 Å². The molecule has 0 aliphatic carbocycles. The molecule has 2 aromatic rings. The number of likely N-dealkylation sites (N-methyl/N-ethyl adjacent to an activating group) is 1. The maximum Gasteiger partial charge on any atom is 0.227 e. The summed E-state index contributed by atoms with van der Waals surface area (Å²) in [6.45, 7) is 5.05. The Morgan fingerprint density at radius 2 is 2.00 bits per heavy atom. The molecule has 1 atom stereocenters. The molecule has 0 bridgehead atoms. The molecule has 1 unspecified atom stereocenters. The molecule has 0 radical (unpaired) electrons. The summed E-state index contributed by atoms with van der Waals surface area (Å²) >= 11 is 0. The summed E-state index contributed by atoms with van der Waals surface area (Å²) in [6.07, 6.45) is 2.95. The largest absolute Gasteiger partial charge is 0.363 e. The molecule has 2 aromatic heterocycles. The molecule has 3 rings (SSSR count). The van der Waals surface area contributed by atoms with Gasteiger partial charge in [0.15, 0.2) is 0 Å². The second-order valence-electron chi connectivity index (χ2n) is 6.67. The average molecular weight is 326 g/mol. The lowest BCUT2D eigenvalue weighted by molar-refractivity contribution is 0.321. The first kappa shape index (κ1) is 16.6. The van der Waals surface area contributed by atoms with E-state index < -0.39 is 0 Å². The number of anilines is 2. The van der Waals surface area contributed by atoms with Crippen molar-refractivity contribution in [2.75, 3.05) is 44.0 Å². The van der Waals surface area contributed by atoms with E-state index in [2.05, 4.69) is 43.9 Å². The number of hydrogen-bond donors (Lipinski definition) is 0. The molecule has 6 nitrogen and oxygen atoms in total. The fourth-order valence-corrected chi connectivity index (χ4v) is 3.11. The molecule has 24 heavy (non-hydrogen) atoms. The van der Waals surface area contributed by atoms with Crippen molar-refractivity contribution in [1.29, 1.82) is 0 Å². The zero-order valence-corrected chi connectivity index (χ0v) is 15.0. The van der Waals surface area contributed by atoms with Crippen LogP contribution in [0.4, 0.5) is 11.8 Å². The molecule has 6 heteroatoms. The van der Waals surface area contributed by atoms with Gasteiger partial charge in [0.1, 0.15) is 5.82 Å². The number of hydrogen-bond acceptors (Lipinski definition) is 6. The van der Waals surface area contributed by atoms with E-state index in [1.807, 2.05) is 44.2 Å². The Labute approximate surface area is 144 Å². The van der Waals surface area contributed by atoms with E-state index in [-0.39, 0.29) is 0 Å². The normalized spacial score (nSPS) is 17.9. The molecular weight excluding hydrogens is 300 g/mol. The lowest BCUT2D eigenvalue weighted by atomic mass is 10.2. The molecule has 0 aromatic carbocycles. The van der Waals surface area contributed by atoms with Crippen molar-refractivity contribution in [3.05, 3.63) is 41.9 Å². The highest BCUT2D eigenvalue weighted by atomic mass is 15.3. The van der Waals surface area contributed by atoms with Gasteiger partial charge >= 0.3 is 0 Å². The molecule has 0 saturated carbocycles. The lowest BCUT2D eigenvalue weighted by Crippen LogP contribution is -2.35. The highest BCUT2D eigenvalue weighted by molar-refractivity contribution is 5.42. The zero-order chi connectivity index (χ0) is 17.1. The summed E-state index contributed by atoms with van der Waals surface area (Å²) in [5, 5.41) is 0. The third kappa shape index (κ3) is 3.82. The number of aryl methyl sites for hydroxylation is 1. The minimum atomic E-state index is 0.437. The first-order chi connectivity index (χ1) is 11.5. The zero-order valence-electron chi connectivity index (χ0n) is 15.0. The van der Waals surface area contributed by atoms with Crippen molar-refractivity contribution >= 4 is 11.8 Å². The summed E-state index contributed by atoms with van der Waals surface area (Å²) in [7, 11) is 6.09. The summed E-state index contributed by atoms with van der Waals surface area (Å²) in [6, 6.07) is 8.60. The van der Waals surface area contributed by atoms with E-state index >= 15 is 0 Å². The van der Waals surface area contributed by atoms with Gasteiger partial charge in [0, 0.05) is 58.7 Å². The smallest absolute Gasteiger partial charge is 0.227 e. The third-order valence-corrected chi connectivity index (χ3v) is 4.53. The van der Waals surface area contributed by atoms with Gasteiger partial charge < -0.3 is 9.80 Å². The second-order valence-corrected chi connectivity index (χ2v) is 6.67. The molecule has 128 valence electrons. The van der Waals surface area contributed by atoms with Gasteiger partial charge in [-0.05, 0) is 31.5 Å². The minimum Gasteiger partial charge on any atom is -0.363 e. The van der Waals surface area contributed by atoms with Gasteiger partial charge in [-0.15, -0.1) is 0 Å². The number of pyridine rings is 1. The predicted octanol–water partition coefficient (Wildman–Crippen LogP) is 1.96. The monoisotopic (exact) mass is 326 g/mol. The number of aromatic nitrogens is 3. The van der Waals surface area contributed by atoms with Gasteiger partial charge in [0.05, 0.1) is 5.69 Å². The van der Waals surface area contributed by atoms with E-state index in [1.165, 1.54) is 0 Å². The maximum atomic E-state index is 4.65. The highest BCUT2D eigenvalue weighted by Crippen LogP contribution is 2.21. The van der Waals surface area contributed by atoms with Crippen molar-refractivity contribution < 1.29 is 0 Å². The van der Waals surface area contributed by atoms with Crippen LogP contribution in [-0.4, -0.2) is 60.1 Å². The fraction of sp³-hybridized carbons (Fsp3) is 0.500. The van der Waals surface area contributed by atoms with Crippen LogP contribution in [0, 0.1) is 6.92 Å². The maximum absolute atomic E-state index is 4.65. The molecule has 1 aliphatic heterocycles. The lowest BCUT2D eigenvalue weighted by Gasteiger charge is -2.25. The van der Waals surface area contributed by atoms with Crippen LogP contribution in [0.3, 0.4) is 0 Å². The molecular formula is C18H26N6. The van der Waals surface area contributed by atoms with Gasteiger partial charge in [-0.25, -0.2) is 4.98 Å². The predicted molar refractivity (Wildman–Crippen MR) is 97.4 cm³/mol. The van der Waals surface area contributed by atoms with Crippen LogP contribution in [0.5, 0.6) is 0 Å². The second kappa shape index (κ2) is 7.13. The average Bonchev–Trinajstić information content (AvgIpc) is 3.02. The number of likely N-dealkylation sites (tertiary alicyclic amines) is 1. The van der Waals surface area contributed by atoms with Crippen LogP contribution in [0.25, 0.3) is 0 Å². The molecule has 1 saturated heterocycles. The van der Waals surface area contributed by atoms with Crippen molar-refractivity contribution in [1.82, 2.24) is 19.9 Å². The molecule has 3 heterocycles. The topological polar surface area (TPSA) is 48.4 Å². The third-order valence-electron chi connectivity index (χ3n) is 4.53. The summed E-state index contributed by atoms with van der Waals surface area (Å²) in [5.41, 5.74) is 2.22. The summed E-state index contributed by atoms with van der Waals surface area (Å²) in [5.74, 6) is 1.73. The SMILES string of the molecule is Cc1cccc(CN2CCC(N(C)c3nccc(N(C)C)n3)C2)n1. The van der Waals surface area contributed by atoms with E-state index in [9.17, 15) is 0 Å². The van der Waals surface area contributed by atoms with E-state index in [4.69, 9.17) is 0 Å². The summed E-state index contributed by atoms with van der Waals surface area (Å²) in [4.78, 5) is 20.4. The Bertz CT molecular complexity index is 687. The molecule has 0 N–H and O–H groups in total. The molecule has 0 spiro atoms. The van der Waals surface area contributed by atoms with Gasteiger partial charge in [0.2, 0.25) is 5.95 Å². The van der Waals surface area contributed by atoms with Gasteiger partial charge in [0.25, 0.3) is 0 Å². The van der Waals surface area contributed by atoms with Crippen molar-refractivity contribution in [3.63, 3.8) is 0 Å². The first-order valence-electron chi connectivity index (χ1n) is 8.41. The van der Waals surface area contributed by atoms with E-state index in [1.54, 1.807) is 0 Å². The Morgan fingerprint density at radius 3 is 2.75 bits per heavy atom.